The van der Waals surface area contributed by atoms with Crippen LogP contribution in [-0.4, -0.2) is 46.0 Å². The van der Waals surface area contributed by atoms with Crippen LogP contribution in [0.15, 0.2) is 53.1 Å². The number of amides is 1. The molecule has 0 saturated carbocycles. The predicted molar refractivity (Wildman–Crippen MR) is 120 cm³/mol. The third-order valence-corrected chi connectivity index (χ3v) is 6.03. The molecule has 0 aliphatic carbocycles. The van der Waals surface area contributed by atoms with Crippen LogP contribution in [0.4, 0.5) is 0 Å². The lowest BCUT2D eigenvalue weighted by atomic mass is 9.96. The minimum Gasteiger partial charge on any atom is -0.341 e. The standard InChI is InChI=1S/C24H27ClN4O2/c1-17-6-3-4-8-21(17)23-26-22(31-27-23)16-29-13-5-7-19(15-29)24(30)28(2)14-18-9-11-20(25)12-10-18/h3-4,6,8-12,19H,5,7,13-16H2,1-2H3. The maximum absolute atomic E-state index is 13.0. The van der Waals surface area contributed by atoms with Gasteiger partial charge in [0, 0.05) is 30.7 Å². The largest absolute Gasteiger partial charge is 0.341 e. The van der Waals surface area contributed by atoms with Gasteiger partial charge in [-0.2, -0.15) is 4.98 Å². The summed E-state index contributed by atoms with van der Waals surface area (Å²) in [4.78, 5) is 21.6. The maximum atomic E-state index is 13.0. The van der Waals surface area contributed by atoms with Gasteiger partial charge in [-0.3, -0.25) is 9.69 Å². The number of carbonyl (C=O) groups excluding carboxylic acids is 1. The smallest absolute Gasteiger partial charge is 0.241 e. The van der Waals surface area contributed by atoms with E-state index in [0.29, 0.717) is 36.4 Å². The fraction of sp³-hybridized carbons (Fsp3) is 0.375. The highest BCUT2D eigenvalue weighted by Gasteiger charge is 2.29. The number of likely N-dealkylation sites (tertiary alicyclic amines) is 1. The highest BCUT2D eigenvalue weighted by atomic mass is 35.5. The Morgan fingerprint density at radius 2 is 2.00 bits per heavy atom. The third-order valence-electron chi connectivity index (χ3n) is 5.78. The van der Waals surface area contributed by atoms with Crippen LogP contribution in [0, 0.1) is 12.8 Å². The second kappa shape index (κ2) is 9.62. The Hall–Kier alpha value is -2.70. The molecule has 1 fully saturated rings. The zero-order chi connectivity index (χ0) is 21.8. The van der Waals surface area contributed by atoms with Crippen molar-refractivity contribution in [3.05, 3.63) is 70.6 Å². The molecule has 7 heteroatoms. The number of carbonyl (C=O) groups is 1. The average Bonchev–Trinajstić information content (AvgIpc) is 3.23. The van der Waals surface area contributed by atoms with Crippen LogP contribution in [0.5, 0.6) is 0 Å². The van der Waals surface area contributed by atoms with E-state index in [1.54, 1.807) is 4.90 Å². The Labute approximate surface area is 187 Å². The normalized spacial score (nSPS) is 16.9. The molecular formula is C24H27ClN4O2. The van der Waals surface area contributed by atoms with E-state index in [4.69, 9.17) is 16.1 Å². The van der Waals surface area contributed by atoms with Crippen LogP contribution >= 0.6 is 11.6 Å². The average molecular weight is 439 g/mol. The van der Waals surface area contributed by atoms with Gasteiger partial charge in [0.25, 0.3) is 0 Å². The highest BCUT2D eigenvalue weighted by Crippen LogP contribution is 2.23. The van der Waals surface area contributed by atoms with Gasteiger partial charge in [-0.05, 0) is 49.6 Å². The number of hydrogen-bond donors (Lipinski definition) is 0. The molecule has 0 radical (unpaired) electrons. The number of hydrogen-bond acceptors (Lipinski definition) is 5. The molecule has 0 N–H and O–H groups in total. The van der Waals surface area contributed by atoms with Gasteiger partial charge in [-0.15, -0.1) is 0 Å². The first-order valence-electron chi connectivity index (χ1n) is 10.6. The van der Waals surface area contributed by atoms with Crippen LogP contribution in [0.3, 0.4) is 0 Å². The summed E-state index contributed by atoms with van der Waals surface area (Å²) >= 11 is 5.96. The van der Waals surface area contributed by atoms with Gasteiger partial charge < -0.3 is 9.42 Å². The summed E-state index contributed by atoms with van der Waals surface area (Å²) in [6, 6.07) is 15.6. The first-order chi connectivity index (χ1) is 15.0. The molecule has 1 aliphatic heterocycles. The lowest BCUT2D eigenvalue weighted by Gasteiger charge is -2.33. The molecule has 1 amide bonds. The fourth-order valence-electron chi connectivity index (χ4n) is 4.10. The fourth-order valence-corrected chi connectivity index (χ4v) is 4.22. The summed E-state index contributed by atoms with van der Waals surface area (Å²) < 4.78 is 5.50. The summed E-state index contributed by atoms with van der Waals surface area (Å²) in [6.07, 6.45) is 1.88. The maximum Gasteiger partial charge on any atom is 0.241 e. The van der Waals surface area contributed by atoms with E-state index >= 15 is 0 Å². The number of aromatic nitrogens is 2. The van der Waals surface area contributed by atoms with Gasteiger partial charge >= 0.3 is 0 Å². The Kier molecular flexibility index (Phi) is 6.68. The number of aryl methyl sites for hydroxylation is 1. The van der Waals surface area contributed by atoms with Crippen molar-refractivity contribution < 1.29 is 9.32 Å². The monoisotopic (exact) mass is 438 g/mol. The highest BCUT2D eigenvalue weighted by molar-refractivity contribution is 6.30. The predicted octanol–water partition coefficient (Wildman–Crippen LogP) is 4.57. The lowest BCUT2D eigenvalue weighted by Crippen LogP contribution is -2.43. The number of halogens is 1. The molecule has 1 unspecified atom stereocenters. The van der Waals surface area contributed by atoms with Crippen LogP contribution in [0.1, 0.15) is 29.9 Å². The minimum atomic E-state index is -0.0233. The van der Waals surface area contributed by atoms with Crippen molar-refractivity contribution in [1.29, 1.82) is 0 Å². The lowest BCUT2D eigenvalue weighted by molar-refractivity contribution is -0.136. The third kappa shape index (κ3) is 5.32. The Morgan fingerprint density at radius 1 is 1.23 bits per heavy atom. The van der Waals surface area contributed by atoms with Crippen molar-refractivity contribution in [2.75, 3.05) is 20.1 Å². The van der Waals surface area contributed by atoms with Gasteiger partial charge in [0.2, 0.25) is 17.6 Å². The summed E-state index contributed by atoms with van der Waals surface area (Å²) in [5.74, 6) is 1.34. The van der Waals surface area contributed by atoms with Crippen LogP contribution in [-0.2, 0) is 17.9 Å². The Morgan fingerprint density at radius 3 is 2.77 bits per heavy atom. The van der Waals surface area contributed by atoms with Crippen LogP contribution in [0.2, 0.25) is 5.02 Å². The molecule has 2 heterocycles. The quantitative estimate of drug-likeness (QED) is 0.564. The molecule has 31 heavy (non-hydrogen) atoms. The number of nitrogens with zero attached hydrogens (tertiary/aromatic N) is 4. The molecule has 3 aromatic rings. The van der Waals surface area contributed by atoms with Crippen molar-refractivity contribution in [2.24, 2.45) is 5.92 Å². The van der Waals surface area contributed by atoms with Gasteiger partial charge in [-0.25, -0.2) is 0 Å². The van der Waals surface area contributed by atoms with Gasteiger partial charge in [-0.1, -0.05) is 53.2 Å². The summed E-state index contributed by atoms with van der Waals surface area (Å²) in [6.45, 7) is 4.80. The zero-order valence-corrected chi connectivity index (χ0v) is 18.7. The molecule has 1 saturated heterocycles. The second-order valence-electron chi connectivity index (χ2n) is 8.22. The molecule has 1 aromatic heterocycles. The first-order valence-corrected chi connectivity index (χ1v) is 11.0. The van der Waals surface area contributed by atoms with E-state index in [9.17, 15) is 4.79 Å². The number of piperidine rings is 1. The van der Waals surface area contributed by atoms with E-state index in [2.05, 4.69) is 15.0 Å². The molecule has 2 aromatic carbocycles. The summed E-state index contributed by atoms with van der Waals surface area (Å²) in [5, 5.41) is 4.85. The van der Waals surface area contributed by atoms with Gasteiger partial charge in [0.1, 0.15) is 0 Å². The summed E-state index contributed by atoms with van der Waals surface area (Å²) in [5.41, 5.74) is 3.16. The van der Waals surface area contributed by atoms with Crippen molar-refractivity contribution in [1.82, 2.24) is 19.9 Å². The van der Waals surface area contributed by atoms with Crippen LogP contribution in [0.25, 0.3) is 11.4 Å². The van der Waals surface area contributed by atoms with Crippen molar-refractivity contribution >= 4 is 17.5 Å². The van der Waals surface area contributed by atoms with E-state index in [-0.39, 0.29) is 11.8 Å². The number of benzene rings is 2. The van der Waals surface area contributed by atoms with Crippen LogP contribution < -0.4 is 0 Å². The Bertz CT molecular complexity index is 1030. The topological polar surface area (TPSA) is 62.5 Å². The van der Waals surface area contributed by atoms with Gasteiger partial charge in [0.05, 0.1) is 12.5 Å². The SMILES string of the molecule is Cc1ccccc1-c1noc(CN2CCCC(C(=O)N(C)Cc3ccc(Cl)cc3)C2)n1. The molecular weight excluding hydrogens is 412 g/mol. The van der Waals surface area contributed by atoms with E-state index in [1.165, 1.54) is 0 Å². The first kappa shape index (κ1) is 21.5. The molecule has 0 spiro atoms. The summed E-state index contributed by atoms with van der Waals surface area (Å²) in [7, 11) is 1.86. The molecule has 162 valence electrons. The molecule has 0 bridgehead atoms. The Balaban J connectivity index is 1.36. The number of rotatable bonds is 6. The molecule has 1 atom stereocenters. The zero-order valence-electron chi connectivity index (χ0n) is 17.9. The van der Waals surface area contributed by atoms with E-state index in [0.717, 1.165) is 36.1 Å². The van der Waals surface area contributed by atoms with E-state index < -0.39 is 0 Å². The molecule has 1 aliphatic rings. The van der Waals surface area contributed by atoms with Crippen molar-refractivity contribution in [3.63, 3.8) is 0 Å². The van der Waals surface area contributed by atoms with Crippen molar-refractivity contribution in [2.45, 2.75) is 32.9 Å². The second-order valence-corrected chi connectivity index (χ2v) is 8.66. The minimum absolute atomic E-state index is 0.0233. The molecule has 6 nitrogen and oxygen atoms in total. The van der Waals surface area contributed by atoms with Gasteiger partial charge in [0.15, 0.2) is 0 Å². The van der Waals surface area contributed by atoms with E-state index in [1.807, 2.05) is 62.5 Å². The molecule has 4 rings (SSSR count). The van der Waals surface area contributed by atoms with Crippen molar-refractivity contribution in [3.8, 4) is 11.4 Å².